The summed E-state index contributed by atoms with van der Waals surface area (Å²) in [4.78, 5) is 65.0. The zero-order valence-electron chi connectivity index (χ0n) is 22.6. The monoisotopic (exact) mass is 582 g/mol. The molecular weight excluding hydrogens is 548 g/mol. The average Bonchev–Trinajstić information content (AvgIpc) is 3.37. The lowest BCUT2D eigenvalue weighted by Gasteiger charge is -2.24. The van der Waals surface area contributed by atoms with Crippen molar-refractivity contribution in [2.75, 3.05) is 6.61 Å². The number of amides is 4. The highest BCUT2D eigenvalue weighted by molar-refractivity contribution is 5.95. The fourth-order valence-electron chi connectivity index (χ4n) is 4.24. The Kier molecular flexibility index (Phi) is 11.0. The third-order valence-corrected chi connectivity index (χ3v) is 6.58. The number of aliphatic hydroxyl groups excluding tert-OH is 1. The molecule has 0 bridgehead atoms. The molecule has 0 spiro atoms. The van der Waals surface area contributed by atoms with Crippen LogP contribution in [0.25, 0.3) is 10.9 Å². The molecule has 4 unspecified atom stereocenters. The number of phenolic OH excluding ortho intramolecular Hbond substituents is 1. The molecule has 0 radical (unpaired) electrons. The number of para-hydroxylation sites is 1. The van der Waals surface area contributed by atoms with E-state index in [0.717, 1.165) is 10.9 Å². The van der Waals surface area contributed by atoms with Gasteiger partial charge < -0.3 is 47.7 Å². The molecule has 3 rings (SSSR count). The van der Waals surface area contributed by atoms with Crippen LogP contribution in [0.5, 0.6) is 5.75 Å². The van der Waals surface area contributed by atoms with Crippen molar-refractivity contribution in [3.63, 3.8) is 0 Å². The van der Waals surface area contributed by atoms with Crippen LogP contribution in [0.2, 0.25) is 0 Å². The number of fused-ring (bicyclic) bond motifs is 1. The van der Waals surface area contributed by atoms with E-state index in [9.17, 15) is 39.3 Å². The number of H-pyrrole nitrogens is 1. The van der Waals surface area contributed by atoms with E-state index in [4.69, 9.17) is 11.5 Å². The third-order valence-electron chi connectivity index (χ3n) is 6.58. The smallest absolute Gasteiger partial charge is 0.326 e. The molecule has 3 aromatic rings. The molecule has 14 heteroatoms. The number of nitrogens with two attached hydrogens (primary N) is 2. The zero-order chi connectivity index (χ0) is 30.8. The Hall–Kier alpha value is -4.95. The summed E-state index contributed by atoms with van der Waals surface area (Å²) in [6, 6.07) is 7.64. The Morgan fingerprint density at radius 2 is 1.45 bits per heavy atom. The quantitative estimate of drug-likeness (QED) is 0.104. The lowest BCUT2D eigenvalue weighted by molar-refractivity contribution is -0.142. The Balaban J connectivity index is 1.75. The first-order valence-electron chi connectivity index (χ1n) is 13.1. The fourth-order valence-corrected chi connectivity index (χ4v) is 4.24. The summed E-state index contributed by atoms with van der Waals surface area (Å²) in [5, 5.41) is 36.9. The highest BCUT2D eigenvalue weighted by Crippen LogP contribution is 2.19. The van der Waals surface area contributed by atoms with E-state index in [1.54, 1.807) is 12.3 Å². The van der Waals surface area contributed by atoms with E-state index in [1.807, 2.05) is 18.2 Å². The van der Waals surface area contributed by atoms with Crippen LogP contribution in [-0.2, 0) is 36.8 Å². The second kappa shape index (κ2) is 14.6. The van der Waals surface area contributed by atoms with E-state index in [-0.39, 0.29) is 31.4 Å². The van der Waals surface area contributed by atoms with Crippen LogP contribution in [0, 0.1) is 0 Å². The van der Waals surface area contributed by atoms with Gasteiger partial charge in [-0.2, -0.15) is 0 Å². The van der Waals surface area contributed by atoms with Gasteiger partial charge in [-0.15, -0.1) is 0 Å². The largest absolute Gasteiger partial charge is 0.508 e. The molecule has 14 nitrogen and oxygen atoms in total. The number of aliphatic hydroxyl groups is 1. The molecule has 1 aromatic heterocycles. The van der Waals surface area contributed by atoms with Gasteiger partial charge in [0, 0.05) is 36.4 Å². The predicted octanol–water partition coefficient (Wildman–Crippen LogP) is -1.22. The molecule has 0 aliphatic carbocycles. The molecule has 1 heterocycles. The van der Waals surface area contributed by atoms with E-state index < -0.39 is 60.4 Å². The second-order valence-electron chi connectivity index (χ2n) is 9.75. The molecule has 2 aromatic carbocycles. The minimum atomic E-state index is -1.55. The summed E-state index contributed by atoms with van der Waals surface area (Å²) in [6.45, 7) is -0.866. The van der Waals surface area contributed by atoms with Crippen molar-refractivity contribution in [1.82, 2.24) is 20.9 Å². The summed E-state index contributed by atoms with van der Waals surface area (Å²) in [5.41, 5.74) is 13.0. The Bertz CT molecular complexity index is 1420. The van der Waals surface area contributed by atoms with Crippen LogP contribution in [0.1, 0.15) is 24.0 Å². The first-order chi connectivity index (χ1) is 20.0. The number of hydrogen-bond acceptors (Lipinski definition) is 8. The molecule has 11 N–H and O–H groups in total. The van der Waals surface area contributed by atoms with Crippen molar-refractivity contribution >= 4 is 40.5 Å². The molecule has 4 atom stereocenters. The van der Waals surface area contributed by atoms with Crippen LogP contribution in [0.4, 0.5) is 0 Å². The third kappa shape index (κ3) is 8.78. The number of primary amides is 1. The Morgan fingerprint density at radius 3 is 2.10 bits per heavy atom. The number of aromatic amines is 1. The lowest BCUT2D eigenvalue weighted by Crippen LogP contribution is -2.58. The fraction of sp³-hybridized carbons (Fsp3) is 0.321. The van der Waals surface area contributed by atoms with Gasteiger partial charge in [-0.1, -0.05) is 30.3 Å². The minimum Gasteiger partial charge on any atom is -0.508 e. The summed E-state index contributed by atoms with van der Waals surface area (Å²) in [6.07, 6.45) is 1.32. The number of hydrogen-bond donors (Lipinski definition) is 9. The lowest BCUT2D eigenvalue weighted by atomic mass is 10.0. The molecular formula is C28H34N6O8. The van der Waals surface area contributed by atoms with Crippen LogP contribution >= 0.6 is 0 Å². The van der Waals surface area contributed by atoms with Gasteiger partial charge in [0.25, 0.3) is 0 Å². The number of phenols is 1. The topological polar surface area (TPSA) is 250 Å². The van der Waals surface area contributed by atoms with Crippen molar-refractivity contribution in [3.05, 3.63) is 65.9 Å². The zero-order valence-corrected chi connectivity index (χ0v) is 22.6. The maximum absolute atomic E-state index is 13.4. The van der Waals surface area contributed by atoms with Crippen LogP contribution in [0.3, 0.4) is 0 Å². The molecule has 0 aliphatic heterocycles. The number of carbonyl (C=O) groups is 5. The number of nitrogens with one attached hydrogen (secondary N) is 4. The highest BCUT2D eigenvalue weighted by atomic mass is 16.4. The molecule has 42 heavy (non-hydrogen) atoms. The van der Waals surface area contributed by atoms with Gasteiger partial charge in [0.15, 0.2) is 0 Å². The number of aromatic hydroxyl groups is 1. The van der Waals surface area contributed by atoms with E-state index in [0.29, 0.717) is 11.1 Å². The Morgan fingerprint density at radius 1 is 0.833 bits per heavy atom. The average molecular weight is 583 g/mol. The number of aliphatic carboxylic acids is 1. The predicted molar refractivity (Wildman–Crippen MR) is 151 cm³/mol. The van der Waals surface area contributed by atoms with Crippen LogP contribution in [0.15, 0.2) is 54.7 Å². The van der Waals surface area contributed by atoms with Crippen molar-refractivity contribution in [3.8, 4) is 5.75 Å². The standard InChI is InChI=1S/C28H34N6O8/c29-19(9-10-24(30)37)25(38)32-21(12-16-13-31-20-4-2-1-3-18(16)20)26(39)34-23(14-35)27(40)33-22(28(41)42)11-15-5-7-17(36)8-6-15/h1-8,13,19,21-23,31,35-36H,9-12,14,29H2,(H2,30,37)(H,32,38)(H,33,40)(H,34,39)(H,41,42). The van der Waals surface area contributed by atoms with Gasteiger partial charge >= 0.3 is 5.97 Å². The summed E-state index contributed by atoms with van der Waals surface area (Å²) in [7, 11) is 0. The maximum atomic E-state index is 13.4. The number of carboxylic acids is 1. The van der Waals surface area contributed by atoms with Crippen LogP contribution < -0.4 is 27.4 Å². The Labute approximate surface area is 240 Å². The van der Waals surface area contributed by atoms with E-state index >= 15 is 0 Å². The summed E-state index contributed by atoms with van der Waals surface area (Å²) >= 11 is 0. The van der Waals surface area contributed by atoms with Gasteiger partial charge in [0.05, 0.1) is 12.6 Å². The van der Waals surface area contributed by atoms with E-state index in [1.165, 1.54) is 24.3 Å². The molecule has 0 aliphatic rings. The molecule has 4 amide bonds. The SMILES string of the molecule is NC(=O)CCC(N)C(=O)NC(Cc1c[nH]c2ccccc12)C(=O)NC(CO)C(=O)NC(Cc1ccc(O)cc1)C(=O)O. The maximum Gasteiger partial charge on any atom is 0.326 e. The van der Waals surface area contributed by atoms with Crippen molar-refractivity contribution in [1.29, 1.82) is 0 Å². The first kappa shape index (κ1) is 31.6. The molecule has 0 fully saturated rings. The van der Waals surface area contributed by atoms with Crippen LogP contribution in [-0.4, -0.2) is 80.7 Å². The molecule has 0 saturated carbocycles. The van der Waals surface area contributed by atoms with Crippen molar-refractivity contribution < 1.29 is 39.3 Å². The normalized spacial score (nSPS) is 13.9. The summed E-state index contributed by atoms with van der Waals surface area (Å²) in [5.74, 6) is -4.55. The number of carbonyl (C=O) groups excluding carboxylic acids is 4. The first-order valence-corrected chi connectivity index (χ1v) is 13.1. The second-order valence-corrected chi connectivity index (χ2v) is 9.75. The number of benzene rings is 2. The molecule has 0 saturated heterocycles. The number of carboxylic acid groups (broad SMARTS) is 1. The molecule has 224 valence electrons. The minimum absolute atomic E-state index is 0.0131. The van der Waals surface area contributed by atoms with Gasteiger partial charge in [0.2, 0.25) is 23.6 Å². The highest BCUT2D eigenvalue weighted by Gasteiger charge is 2.31. The van der Waals surface area contributed by atoms with Gasteiger partial charge in [-0.3, -0.25) is 19.2 Å². The van der Waals surface area contributed by atoms with Gasteiger partial charge in [-0.25, -0.2) is 4.79 Å². The number of rotatable bonds is 15. The van der Waals surface area contributed by atoms with Crippen molar-refractivity contribution in [2.45, 2.75) is 49.9 Å². The summed E-state index contributed by atoms with van der Waals surface area (Å²) < 4.78 is 0. The van der Waals surface area contributed by atoms with E-state index in [2.05, 4.69) is 20.9 Å². The number of aromatic nitrogens is 1. The van der Waals surface area contributed by atoms with Gasteiger partial charge in [-0.05, 0) is 35.7 Å². The van der Waals surface area contributed by atoms with Crippen molar-refractivity contribution in [2.24, 2.45) is 11.5 Å². The van der Waals surface area contributed by atoms with Gasteiger partial charge in [0.1, 0.15) is 23.9 Å².